The largest absolute Gasteiger partial charge is 0.444 e. The van der Waals surface area contributed by atoms with Crippen LogP contribution in [0.5, 0.6) is 0 Å². The summed E-state index contributed by atoms with van der Waals surface area (Å²) in [6.07, 6.45) is 3.73. The van der Waals surface area contributed by atoms with E-state index in [9.17, 15) is 0 Å². The molecule has 0 bridgehead atoms. The summed E-state index contributed by atoms with van der Waals surface area (Å²) in [7, 11) is 0. The van der Waals surface area contributed by atoms with Crippen molar-refractivity contribution in [1.29, 1.82) is 0 Å². The molecule has 0 spiro atoms. The van der Waals surface area contributed by atoms with Crippen LogP contribution >= 0.6 is 0 Å². The predicted octanol–water partition coefficient (Wildman–Crippen LogP) is 3.27. The fraction of sp³-hybridized carbons (Fsp3) is 0.438. The van der Waals surface area contributed by atoms with Gasteiger partial charge in [-0.2, -0.15) is 0 Å². The van der Waals surface area contributed by atoms with Crippen molar-refractivity contribution < 1.29 is 4.42 Å². The molecular formula is C16H22N2O. The highest BCUT2D eigenvalue weighted by atomic mass is 16.4. The van der Waals surface area contributed by atoms with Crippen molar-refractivity contribution in [2.45, 2.75) is 46.2 Å². The maximum absolute atomic E-state index is 5.71. The molecule has 19 heavy (non-hydrogen) atoms. The van der Waals surface area contributed by atoms with Gasteiger partial charge in [0, 0.05) is 12.5 Å². The first-order chi connectivity index (χ1) is 9.13. The Bertz CT molecular complexity index is 500. The number of aromatic nitrogens is 1. The Morgan fingerprint density at radius 3 is 2.58 bits per heavy atom. The third-order valence-electron chi connectivity index (χ3n) is 3.04. The maximum atomic E-state index is 5.71. The van der Waals surface area contributed by atoms with Gasteiger partial charge >= 0.3 is 0 Å². The smallest absolute Gasteiger partial charge is 0.208 e. The van der Waals surface area contributed by atoms with Gasteiger partial charge in [0.2, 0.25) is 5.89 Å². The van der Waals surface area contributed by atoms with E-state index >= 15 is 0 Å². The van der Waals surface area contributed by atoms with E-state index in [0.29, 0.717) is 12.6 Å². The minimum atomic E-state index is 0.447. The Labute approximate surface area is 115 Å². The van der Waals surface area contributed by atoms with E-state index in [1.54, 1.807) is 0 Å². The van der Waals surface area contributed by atoms with Crippen LogP contribution in [0.1, 0.15) is 36.6 Å². The summed E-state index contributed by atoms with van der Waals surface area (Å²) in [5.41, 5.74) is 2.63. The second-order valence-corrected chi connectivity index (χ2v) is 5.24. The number of nitrogens with zero attached hydrogens (tertiary/aromatic N) is 1. The second kappa shape index (κ2) is 6.53. The van der Waals surface area contributed by atoms with Crippen LogP contribution < -0.4 is 5.32 Å². The molecule has 0 unspecified atom stereocenters. The summed E-state index contributed by atoms with van der Waals surface area (Å²) in [6.45, 7) is 7.03. The lowest BCUT2D eigenvalue weighted by Gasteiger charge is -2.04. The monoisotopic (exact) mass is 258 g/mol. The van der Waals surface area contributed by atoms with Crippen LogP contribution in [-0.2, 0) is 19.4 Å². The molecule has 0 saturated heterocycles. The summed E-state index contributed by atoms with van der Waals surface area (Å²) in [4.78, 5) is 4.29. The lowest BCUT2D eigenvalue weighted by Crippen LogP contribution is -2.21. The molecule has 3 nitrogen and oxygen atoms in total. The standard InChI is InChI=1S/C16H22N2O/c1-12(2)17-11-16-18-10-15(19-16)9-8-14-6-4-13(3)5-7-14/h4-7,10,12,17H,8-9,11H2,1-3H3. The predicted molar refractivity (Wildman–Crippen MR) is 77.1 cm³/mol. The van der Waals surface area contributed by atoms with Crippen molar-refractivity contribution in [1.82, 2.24) is 10.3 Å². The Morgan fingerprint density at radius 1 is 1.16 bits per heavy atom. The average molecular weight is 258 g/mol. The van der Waals surface area contributed by atoms with Crippen LogP contribution in [0.25, 0.3) is 0 Å². The number of benzene rings is 1. The third kappa shape index (κ3) is 4.52. The van der Waals surface area contributed by atoms with Crippen LogP contribution in [0.3, 0.4) is 0 Å². The highest BCUT2D eigenvalue weighted by Gasteiger charge is 2.05. The molecule has 1 N–H and O–H groups in total. The zero-order chi connectivity index (χ0) is 13.7. The summed E-state index contributed by atoms with van der Waals surface area (Å²) < 4.78 is 5.71. The van der Waals surface area contributed by atoms with Gasteiger partial charge in [0.15, 0.2) is 0 Å². The molecule has 0 radical (unpaired) electrons. The van der Waals surface area contributed by atoms with Gasteiger partial charge in [0.05, 0.1) is 12.7 Å². The molecular weight excluding hydrogens is 236 g/mol. The fourth-order valence-corrected chi connectivity index (χ4v) is 1.86. The van der Waals surface area contributed by atoms with Gasteiger partial charge < -0.3 is 9.73 Å². The minimum absolute atomic E-state index is 0.447. The van der Waals surface area contributed by atoms with Crippen molar-refractivity contribution >= 4 is 0 Å². The molecule has 0 aliphatic rings. The lowest BCUT2D eigenvalue weighted by atomic mass is 10.1. The zero-order valence-electron chi connectivity index (χ0n) is 11.9. The van der Waals surface area contributed by atoms with Crippen LogP contribution in [0, 0.1) is 6.92 Å². The Morgan fingerprint density at radius 2 is 1.89 bits per heavy atom. The molecule has 0 fully saturated rings. The van der Waals surface area contributed by atoms with E-state index in [1.165, 1.54) is 11.1 Å². The Hall–Kier alpha value is -1.61. The van der Waals surface area contributed by atoms with E-state index in [1.807, 2.05) is 6.20 Å². The molecule has 0 aliphatic carbocycles. The lowest BCUT2D eigenvalue weighted by molar-refractivity contribution is 0.424. The quantitative estimate of drug-likeness (QED) is 0.864. The van der Waals surface area contributed by atoms with E-state index in [4.69, 9.17) is 4.42 Å². The molecule has 2 rings (SSSR count). The van der Waals surface area contributed by atoms with Gasteiger partial charge in [-0.1, -0.05) is 43.7 Å². The first-order valence-corrected chi connectivity index (χ1v) is 6.86. The highest BCUT2D eigenvalue weighted by molar-refractivity contribution is 5.21. The fourth-order valence-electron chi connectivity index (χ4n) is 1.86. The second-order valence-electron chi connectivity index (χ2n) is 5.24. The van der Waals surface area contributed by atoms with Gasteiger partial charge in [-0.25, -0.2) is 4.98 Å². The van der Waals surface area contributed by atoms with E-state index in [2.05, 4.69) is 55.3 Å². The van der Waals surface area contributed by atoms with Gasteiger partial charge in [-0.05, 0) is 18.9 Å². The zero-order valence-corrected chi connectivity index (χ0v) is 11.9. The average Bonchev–Trinajstić information content (AvgIpc) is 2.84. The number of rotatable bonds is 6. The van der Waals surface area contributed by atoms with Gasteiger partial charge in [-0.3, -0.25) is 0 Å². The van der Waals surface area contributed by atoms with Crippen molar-refractivity contribution in [3.05, 3.63) is 53.2 Å². The summed E-state index contributed by atoms with van der Waals surface area (Å²) in [6, 6.07) is 9.09. The molecule has 2 aromatic rings. The molecule has 0 aliphatic heterocycles. The number of hydrogen-bond acceptors (Lipinski definition) is 3. The highest BCUT2D eigenvalue weighted by Crippen LogP contribution is 2.10. The molecule has 102 valence electrons. The van der Waals surface area contributed by atoms with E-state index in [0.717, 1.165) is 24.5 Å². The molecule has 1 aromatic heterocycles. The maximum Gasteiger partial charge on any atom is 0.208 e. The van der Waals surface area contributed by atoms with Crippen LogP contribution in [0.15, 0.2) is 34.9 Å². The topological polar surface area (TPSA) is 38.1 Å². The number of oxazole rings is 1. The first-order valence-electron chi connectivity index (χ1n) is 6.86. The number of nitrogens with one attached hydrogen (secondary N) is 1. The van der Waals surface area contributed by atoms with Crippen molar-refractivity contribution in [2.24, 2.45) is 0 Å². The van der Waals surface area contributed by atoms with Gasteiger partial charge in [0.1, 0.15) is 5.76 Å². The molecule has 0 atom stereocenters. The number of hydrogen-bond donors (Lipinski definition) is 1. The summed E-state index contributed by atoms with van der Waals surface area (Å²) in [5.74, 6) is 1.73. The van der Waals surface area contributed by atoms with Gasteiger partial charge in [-0.15, -0.1) is 0 Å². The number of aryl methyl sites for hydroxylation is 3. The molecule has 1 heterocycles. The SMILES string of the molecule is Cc1ccc(CCc2cnc(CNC(C)C)o2)cc1. The van der Waals surface area contributed by atoms with E-state index < -0.39 is 0 Å². The van der Waals surface area contributed by atoms with Crippen molar-refractivity contribution in [2.75, 3.05) is 0 Å². The van der Waals surface area contributed by atoms with Crippen molar-refractivity contribution in [3.63, 3.8) is 0 Å². The van der Waals surface area contributed by atoms with Crippen LogP contribution in [-0.4, -0.2) is 11.0 Å². The van der Waals surface area contributed by atoms with E-state index in [-0.39, 0.29) is 0 Å². The third-order valence-corrected chi connectivity index (χ3v) is 3.04. The Kier molecular flexibility index (Phi) is 4.74. The normalized spacial score (nSPS) is 11.2. The summed E-state index contributed by atoms with van der Waals surface area (Å²) in [5, 5.41) is 3.30. The summed E-state index contributed by atoms with van der Waals surface area (Å²) >= 11 is 0. The van der Waals surface area contributed by atoms with Gasteiger partial charge in [0.25, 0.3) is 0 Å². The molecule has 0 saturated carbocycles. The Balaban J connectivity index is 1.84. The van der Waals surface area contributed by atoms with Crippen LogP contribution in [0.2, 0.25) is 0 Å². The van der Waals surface area contributed by atoms with Crippen LogP contribution in [0.4, 0.5) is 0 Å². The first kappa shape index (κ1) is 13.8. The molecule has 3 heteroatoms. The molecule has 0 amide bonds. The van der Waals surface area contributed by atoms with Crippen molar-refractivity contribution in [3.8, 4) is 0 Å². The molecule has 1 aromatic carbocycles. The minimum Gasteiger partial charge on any atom is -0.444 e.